The molecule has 220 valence electrons. The number of nitrogens with zero attached hydrogens (tertiary/aromatic N) is 2. The molecular formula is C36H49FN3P. The number of fused-ring (bicyclic) bond motifs is 2. The second kappa shape index (κ2) is 19.7. The SMILES string of the molecule is C=Cc1cc(-c2cn(C)c3ccccc23)nc2cc(F)ccc12.CC.CCC.CCc1cccc(CNC)c1.CP. The largest absolute Gasteiger partial charge is 0.350 e. The Labute approximate surface area is 250 Å². The summed E-state index contributed by atoms with van der Waals surface area (Å²) in [5, 5.41) is 5.18. The molecule has 5 rings (SSSR count). The lowest BCUT2D eigenvalue weighted by Crippen LogP contribution is -2.04. The van der Waals surface area contributed by atoms with Gasteiger partial charge in [-0.2, -0.15) is 0 Å². The van der Waals surface area contributed by atoms with Gasteiger partial charge >= 0.3 is 0 Å². The summed E-state index contributed by atoms with van der Waals surface area (Å²) in [6.07, 6.45) is 6.22. The highest BCUT2D eigenvalue weighted by molar-refractivity contribution is 7.15. The highest BCUT2D eigenvalue weighted by Gasteiger charge is 2.12. The highest BCUT2D eigenvalue weighted by atomic mass is 31.0. The molecule has 2 aromatic heterocycles. The van der Waals surface area contributed by atoms with Crippen molar-refractivity contribution in [1.82, 2.24) is 14.9 Å². The van der Waals surface area contributed by atoms with E-state index in [2.05, 4.69) is 94.1 Å². The molecule has 0 radical (unpaired) electrons. The fraction of sp³-hybridized carbons (Fsp3) is 0.306. The van der Waals surface area contributed by atoms with Crippen molar-refractivity contribution in [1.29, 1.82) is 0 Å². The Hall–Kier alpha value is -3.33. The Morgan fingerprint density at radius 1 is 0.902 bits per heavy atom. The molecule has 5 aromatic rings. The number of nitrogens with one attached hydrogen (secondary N) is 1. The molecule has 0 saturated heterocycles. The minimum Gasteiger partial charge on any atom is -0.350 e. The third kappa shape index (κ3) is 10.2. The quantitative estimate of drug-likeness (QED) is 0.212. The summed E-state index contributed by atoms with van der Waals surface area (Å²) in [7, 11) is 6.40. The first-order valence-corrected chi connectivity index (χ1v) is 15.7. The van der Waals surface area contributed by atoms with E-state index >= 15 is 0 Å². The number of para-hydroxylation sites is 1. The van der Waals surface area contributed by atoms with Crippen molar-refractivity contribution in [2.75, 3.05) is 13.7 Å². The number of benzene rings is 3. The van der Waals surface area contributed by atoms with Crippen LogP contribution in [0.15, 0.2) is 85.6 Å². The predicted molar refractivity (Wildman–Crippen MR) is 185 cm³/mol. The molecule has 0 aliphatic rings. The van der Waals surface area contributed by atoms with Crippen LogP contribution < -0.4 is 5.32 Å². The lowest BCUT2D eigenvalue weighted by atomic mass is 10.0. The van der Waals surface area contributed by atoms with Crippen molar-refractivity contribution in [2.24, 2.45) is 7.05 Å². The molecule has 5 heteroatoms. The summed E-state index contributed by atoms with van der Waals surface area (Å²) in [4.78, 5) is 4.68. The number of aryl methyl sites for hydroxylation is 2. The molecule has 0 fully saturated rings. The van der Waals surface area contributed by atoms with Crippen LogP contribution in [0.4, 0.5) is 4.39 Å². The van der Waals surface area contributed by atoms with Crippen LogP contribution in [0.5, 0.6) is 0 Å². The first-order chi connectivity index (χ1) is 19.9. The lowest BCUT2D eigenvalue weighted by molar-refractivity contribution is 0.629. The van der Waals surface area contributed by atoms with E-state index in [9.17, 15) is 4.39 Å². The molecular weight excluding hydrogens is 524 g/mol. The molecule has 0 aliphatic carbocycles. The van der Waals surface area contributed by atoms with E-state index in [-0.39, 0.29) is 5.82 Å². The van der Waals surface area contributed by atoms with E-state index < -0.39 is 0 Å². The van der Waals surface area contributed by atoms with Gasteiger partial charge < -0.3 is 9.88 Å². The average molecular weight is 574 g/mol. The predicted octanol–water partition coefficient (Wildman–Crippen LogP) is 10.1. The summed E-state index contributed by atoms with van der Waals surface area (Å²) < 4.78 is 15.7. The first-order valence-electron chi connectivity index (χ1n) is 14.5. The molecule has 1 N–H and O–H groups in total. The summed E-state index contributed by atoms with van der Waals surface area (Å²) in [6, 6.07) is 23.5. The maximum absolute atomic E-state index is 13.6. The van der Waals surface area contributed by atoms with Gasteiger partial charge in [0.05, 0.1) is 11.2 Å². The van der Waals surface area contributed by atoms with Gasteiger partial charge in [-0.1, -0.05) is 103 Å². The fourth-order valence-corrected chi connectivity index (χ4v) is 4.24. The third-order valence-corrected chi connectivity index (χ3v) is 5.98. The molecule has 0 saturated carbocycles. The molecule has 2 heterocycles. The van der Waals surface area contributed by atoms with E-state index in [0.29, 0.717) is 5.52 Å². The van der Waals surface area contributed by atoms with Crippen LogP contribution in [0.1, 0.15) is 57.7 Å². The van der Waals surface area contributed by atoms with Crippen molar-refractivity contribution in [2.45, 2.75) is 54.0 Å². The third-order valence-electron chi connectivity index (χ3n) is 5.98. The number of aromatic nitrogens is 2. The molecule has 0 bridgehead atoms. The second-order valence-electron chi connectivity index (χ2n) is 9.04. The molecule has 3 aromatic carbocycles. The first kappa shape index (κ1) is 35.7. The van der Waals surface area contributed by atoms with Crippen LogP contribution in [0.2, 0.25) is 0 Å². The molecule has 0 aliphatic heterocycles. The summed E-state index contributed by atoms with van der Waals surface area (Å²) in [6.45, 7) is 17.2. The standard InChI is InChI=1S/C20H15FN2.C10H15N.C3H8.C2H6.CH5P/c1-3-13-10-18(22-19-11-14(21)8-9-15(13)19)17-12-23(2)20-7-5-4-6-16(17)20;1-3-9-5-4-6-10(7-9)8-11-2;1-3-2;2*1-2/h3-12H,1H2,2H3;4-7,11H,3,8H2,1-2H3;3H2,1-2H3;1-2H3;2H2,1H3. The van der Waals surface area contributed by atoms with Crippen LogP contribution in [0.25, 0.3) is 39.1 Å². The van der Waals surface area contributed by atoms with Crippen molar-refractivity contribution < 1.29 is 4.39 Å². The fourth-order valence-electron chi connectivity index (χ4n) is 4.24. The van der Waals surface area contributed by atoms with Crippen LogP contribution in [-0.2, 0) is 20.0 Å². The normalized spacial score (nSPS) is 9.71. The zero-order valence-corrected chi connectivity index (χ0v) is 27.4. The lowest BCUT2D eigenvalue weighted by Gasteiger charge is -2.06. The second-order valence-corrected chi connectivity index (χ2v) is 9.04. The summed E-state index contributed by atoms with van der Waals surface area (Å²) >= 11 is 0. The Balaban J connectivity index is 0.000000393. The Morgan fingerprint density at radius 2 is 1.56 bits per heavy atom. The van der Waals surface area contributed by atoms with Crippen molar-refractivity contribution >= 4 is 37.1 Å². The number of hydrogen-bond acceptors (Lipinski definition) is 2. The maximum atomic E-state index is 13.6. The number of pyridine rings is 1. The smallest absolute Gasteiger partial charge is 0.125 e. The topological polar surface area (TPSA) is 29.9 Å². The highest BCUT2D eigenvalue weighted by Crippen LogP contribution is 2.32. The number of halogens is 1. The summed E-state index contributed by atoms with van der Waals surface area (Å²) in [5.74, 6) is -0.282. The van der Waals surface area contributed by atoms with Crippen LogP contribution >= 0.6 is 9.24 Å². The van der Waals surface area contributed by atoms with Gasteiger partial charge in [0.25, 0.3) is 0 Å². The Kier molecular flexibility index (Phi) is 17.1. The molecule has 3 nitrogen and oxygen atoms in total. The minimum absolute atomic E-state index is 0.282. The van der Waals surface area contributed by atoms with Gasteiger partial charge in [-0.3, -0.25) is 0 Å². The van der Waals surface area contributed by atoms with Crippen LogP contribution in [-0.4, -0.2) is 23.3 Å². The number of rotatable bonds is 5. The van der Waals surface area contributed by atoms with E-state index in [0.717, 1.165) is 46.1 Å². The van der Waals surface area contributed by atoms with Crippen LogP contribution in [0, 0.1) is 5.82 Å². The van der Waals surface area contributed by atoms with Crippen LogP contribution in [0.3, 0.4) is 0 Å². The zero-order valence-electron chi connectivity index (χ0n) is 26.3. The van der Waals surface area contributed by atoms with Crippen molar-refractivity contribution in [3.63, 3.8) is 0 Å². The van der Waals surface area contributed by atoms with Gasteiger partial charge in [0.15, 0.2) is 0 Å². The summed E-state index contributed by atoms with van der Waals surface area (Å²) in [5.41, 5.74) is 7.39. The molecule has 0 spiro atoms. The van der Waals surface area contributed by atoms with E-state index in [4.69, 9.17) is 0 Å². The van der Waals surface area contributed by atoms with E-state index in [1.54, 1.807) is 12.1 Å². The van der Waals surface area contributed by atoms with Gasteiger partial charge in [-0.25, -0.2) is 9.37 Å². The molecule has 1 unspecified atom stereocenters. The zero-order chi connectivity index (χ0) is 30.8. The van der Waals surface area contributed by atoms with E-state index in [1.165, 1.54) is 29.7 Å². The van der Waals surface area contributed by atoms with Gasteiger partial charge in [-0.05, 0) is 54.4 Å². The maximum Gasteiger partial charge on any atom is 0.125 e. The van der Waals surface area contributed by atoms with Crippen molar-refractivity contribution in [3.8, 4) is 11.3 Å². The van der Waals surface area contributed by atoms with Crippen molar-refractivity contribution in [3.05, 3.63) is 108 Å². The molecule has 1 atom stereocenters. The molecule has 0 amide bonds. The van der Waals surface area contributed by atoms with Gasteiger partial charge in [0.1, 0.15) is 5.82 Å². The van der Waals surface area contributed by atoms with Gasteiger partial charge in [-0.15, -0.1) is 9.24 Å². The number of hydrogen-bond donors (Lipinski definition) is 1. The molecule has 41 heavy (non-hydrogen) atoms. The Morgan fingerprint density at radius 3 is 2.20 bits per heavy atom. The minimum atomic E-state index is -0.282. The Bertz CT molecular complexity index is 1470. The van der Waals surface area contributed by atoms with Gasteiger partial charge in [0, 0.05) is 47.7 Å². The van der Waals surface area contributed by atoms with E-state index in [1.807, 2.05) is 52.8 Å². The van der Waals surface area contributed by atoms with Gasteiger partial charge in [0.2, 0.25) is 0 Å². The average Bonchev–Trinajstić information content (AvgIpc) is 3.36. The monoisotopic (exact) mass is 573 g/mol.